The van der Waals surface area contributed by atoms with Crippen molar-refractivity contribution in [1.82, 2.24) is 5.32 Å². The second-order valence-electron chi connectivity index (χ2n) is 5.74. The SMILES string of the molecule is CC1(C(=O)NC2CCSc3ccccc32)COCC1N. The van der Waals surface area contributed by atoms with E-state index < -0.39 is 5.41 Å². The molecule has 0 spiro atoms. The monoisotopic (exact) mass is 292 g/mol. The first-order chi connectivity index (χ1) is 9.61. The molecule has 0 aromatic heterocycles. The first-order valence-electron chi connectivity index (χ1n) is 6.97. The third-order valence-electron chi connectivity index (χ3n) is 4.30. The fraction of sp³-hybridized carbons (Fsp3) is 0.533. The molecule has 2 aliphatic rings. The van der Waals surface area contributed by atoms with E-state index in [4.69, 9.17) is 10.5 Å². The molecule has 1 fully saturated rings. The molecule has 0 bridgehead atoms. The van der Waals surface area contributed by atoms with Crippen LogP contribution in [-0.2, 0) is 9.53 Å². The third kappa shape index (κ3) is 2.34. The Bertz CT molecular complexity index is 522. The highest BCUT2D eigenvalue weighted by Gasteiger charge is 2.45. The van der Waals surface area contributed by atoms with Gasteiger partial charge in [-0.15, -0.1) is 11.8 Å². The fourth-order valence-corrected chi connectivity index (χ4v) is 3.86. The van der Waals surface area contributed by atoms with Gasteiger partial charge in [0.15, 0.2) is 0 Å². The lowest BCUT2D eigenvalue weighted by molar-refractivity contribution is -0.131. The summed E-state index contributed by atoms with van der Waals surface area (Å²) in [7, 11) is 0. The molecule has 1 aromatic carbocycles. The zero-order valence-electron chi connectivity index (χ0n) is 11.6. The van der Waals surface area contributed by atoms with Crippen molar-refractivity contribution in [2.24, 2.45) is 11.1 Å². The Hall–Kier alpha value is -1.04. The molecule has 3 unspecified atom stereocenters. The highest BCUT2D eigenvalue weighted by atomic mass is 32.2. The lowest BCUT2D eigenvalue weighted by atomic mass is 9.84. The van der Waals surface area contributed by atoms with Gasteiger partial charge in [0.05, 0.1) is 24.7 Å². The van der Waals surface area contributed by atoms with Gasteiger partial charge in [-0.1, -0.05) is 18.2 Å². The first kappa shape index (κ1) is 13.9. The van der Waals surface area contributed by atoms with Crippen molar-refractivity contribution in [1.29, 1.82) is 0 Å². The van der Waals surface area contributed by atoms with Gasteiger partial charge in [0.1, 0.15) is 0 Å². The summed E-state index contributed by atoms with van der Waals surface area (Å²) in [5, 5.41) is 3.18. The Morgan fingerprint density at radius 3 is 3.05 bits per heavy atom. The van der Waals surface area contributed by atoms with Crippen LogP contribution in [0.5, 0.6) is 0 Å². The molecule has 4 nitrogen and oxygen atoms in total. The molecule has 3 N–H and O–H groups in total. The van der Waals surface area contributed by atoms with Crippen LogP contribution in [0.25, 0.3) is 0 Å². The molecule has 108 valence electrons. The molecule has 0 saturated carbocycles. The summed E-state index contributed by atoms with van der Waals surface area (Å²) >= 11 is 1.85. The molecule has 5 heteroatoms. The Morgan fingerprint density at radius 1 is 1.50 bits per heavy atom. The number of hydrogen-bond acceptors (Lipinski definition) is 4. The van der Waals surface area contributed by atoms with E-state index in [0.717, 1.165) is 12.2 Å². The summed E-state index contributed by atoms with van der Waals surface area (Å²) in [6, 6.07) is 8.14. The zero-order valence-corrected chi connectivity index (χ0v) is 12.4. The maximum absolute atomic E-state index is 12.6. The quantitative estimate of drug-likeness (QED) is 0.871. The average Bonchev–Trinajstić information content (AvgIpc) is 2.80. The van der Waals surface area contributed by atoms with Gasteiger partial charge in [-0.3, -0.25) is 4.79 Å². The second-order valence-corrected chi connectivity index (χ2v) is 6.88. The minimum atomic E-state index is -0.612. The summed E-state index contributed by atoms with van der Waals surface area (Å²) in [6.45, 7) is 2.76. The van der Waals surface area contributed by atoms with Gasteiger partial charge < -0.3 is 15.8 Å². The number of fused-ring (bicyclic) bond motifs is 1. The van der Waals surface area contributed by atoms with Gasteiger partial charge in [0.2, 0.25) is 5.91 Å². The van der Waals surface area contributed by atoms with E-state index in [-0.39, 0.29) is 18.0 Å². The van der Waals surface area contributed by atoms with Crippen LogP contribution >= 0.6 is 11.8 Å². The van der Waals surface area contributed by atoms with E-state index in [1.54, 1.807) is 0 Å². The van der Waals surface area contributed by atoms with Gasteiger partial charge in [-0.25, -0.2) is 0 Å². The van der Waals surface area contributed by atoms with E-state index in [9.17, 15) is 4.79 Å². The lowest BCUT2D eigenvalue weighted by Gasteiger charge is -2.31. The van der Waals surface area contributed by atoms with Gasteiger partial charge in [-0.2, -0.15) is 0 Å². The topological polar surface area (TPSA) is 64.3 Å². The number of carbonyl (C=O) groups is 1. The maximum Gasteiger partial charge on any atom is 0.230 e. The Morgan fingerprint density at radius 2 is 2.30 bits per heavy atom. The normalized spacial score (nSPS) is 32.7. The maximum atomic E-state index is 12.6. The number of hydrogen-bond donors (Lipinski definition) is 2. The van der Waals surface area contributed by atoms with Crippen molar-refractivity contribution in [3.8, 4) is 0 Å². The summed E-state index contributed by atoms with van der Waals surface area (Å²) in [4.78, 5) is 13.8. The largest absolute Gasteiger partial charge is 0.379 e. The summed E-state index contributed by atoms with van der Waals surface area (Å²) in [5.74, 6) is 1.04. The number of ether oxygens (including phenoxy) is 1. The zero-order chi connectivity index (χ0) is 14.2. The number of benzene rings is 1. The van der Waals surface area contributed by atoms with Crippen LogP contribution in [0.2, 0.25) is 0 Å². The minimum Gasteiger partial charge on any atom is -0.379 e. The van der Waals surface area contributed by atoms with Crippen molar-refractivity contribution >= 4 is 17.7 Å². The van der Waals surface area contributed by atoms with Gasteiger partial charge in [0.25, 0.3) is 0 Å². The van der Waals surface area contributed by atoms with E-state index >= 15 is 0 Å². The molecule has 1 aromatic rings. The standard InChI is InChI=1S/C15H20N2O2S/c1-15(9-19-8-13(15)16)14(18)17-11-6-7-20-12-5-3-2-4-10(11)12/h2-5,11,13H,6-9,16H2,1H3,(H,17,18). The Labute approximate surface area is 123 Å². The number of carbonyl (C=O) groups excluding carboxylic acids is 1. The van der Waals surface area contributed by atoms with Crippen molar-refractivity contribution in [3.05, 3.63) is 29.8 Å². The molecule has 0 radical (unpaired) electrons. The Kier molecular flexibility index (Phi) is 3.75. The van der Waals surface area contributed by atoms with Crippen LogP contribution in [0, 0.1) is 5.41 Å². The number of nitrogens with two attached hydrogens (primary N) is 1. The van der Waals surface area contributed by atoms with Crippen LogP contribution in [0.3, 0.4) is 0 Å². The number of rotatable bonds is 2. The average molecular weight is 292 g/mol. The molecule has 2 aliphatic heterocycles. The first-order valence-corrected chi connectivity index (χ1v) is 7.96. The molecule has 20 heavy (non-hydrogen) atoms. The summed E-state index contributed by atoms with van der Waals surface area (Å²) < 4.78 is 5.36. The van der Waals surface area contributed by atoms with E-state index in [1.807, 2.05) is 30.8 Å². The van der Waals surface area contributed by atoms with E-state index in [0.29, 0.717) is 13.2 Å². The third-order valence-corrected chi connectivity index (χ3v) is 5.42. The van der Waals surface area contributed by atoms with Crippen molar-refractivity contribution in [3.63, 3.8) is 0 Å². The molecule has 2 heterocycles. The number of nitrogens with one attached hydrogen (secondary N) is 1. The van der Waals surface area contributed by atoms with E-state index in [1.165, 1.54) is 10.5 Å². The molecule has 1 amide bonds. The summed E-state index contributed by atoms with van der Waals surface area (Å²) in [5.41, 5.74) is 6.63. The predicted octanol–water partition coefficient (Wildman–Crippen LogP) is 1.70. The van der Waals surface area contributed by atoms with Crippen LogP contribution in [0.4, 0.5) is 0 Å². The highest BCUT2D eigenvalue weighted by Crippen LogP contribution is 2.37. The van der Waals surface area contributed by atoms with Gasteiger partial charge >= 0.3 is 0 Å². The minimum absolute atomic E-state index is 0.00852. The predicted molar refractivity (Wildman–Crippen MR) is 79.6 cm³/mol. The molecule has 1 saturated heterocycles. The molecule has 0 aliphatic carbocycles. The van der Waals surface area contributed by atoms with Crippen LogP contribution in [0.15, 0.2) is 29.2 Å². The van der Waals surface area contributed by atoms with Gasteiger partial charge in [0, 0.05) is 16.7 Å². The van der Waals surface area contributed by atoms with Crippen LogP contribution < -0.4 is 11.1 Å². The number of thioether (sulfide) groups is 1. The molecular formula is C15H20N2O2S. The van der Waals surface area contributed by atoms with E-state index in [2.05, 4.69) is 17.4 Å². The van der Waals surface area contributed by atoms with Crippen LogP contribution in [0.1, 0.15) is 24.9 Å². The molecule has 3 atom stereocenters. The fourth-order valence-electron chi connectivity index (χ4n) is 2.74. The van der Waals surface area contributed by atoms with Crippen molar-refractivity contribution in [2.75, 3.05) is 19.0 Å². The highest BCUT2D eigenvalue weighted by molar-refractivity contribution is 7.99. The second kappa shape index (κ2) is 5.39. The molecule has 3 rings (SSSR count). The lowest BCUT2D eigenvalue weighted by Crippen LogP contribution is -2.50. The van der Waals surface area contributed by atoms with Crippen LogP contribution in [-0.4, -0.2) is 30.9 Å². The molecular weight excluding hydrogens is 272 g/mol. The van der Waals surface area contributed by atoms with Crippen molar-refractivity contribution in [2.45, 2.75) is 30.3 Å². The van der Waals surface area contributed by atoms with Crippen molar-refractivity contribution < 1.29 is 9.53 Å². The Balaban J connectivity index is 1.77. The smallest absolute Gasteiger partial charge is 0.230 e. The summed E-state index contributed by atoms with van der Waals surface area (Å²) in [6.07, 6.45) is 0.958. The van der Waals surface area contributed by atoms with Gasteiger partial charge in [-0.05, 0) is 25.0 Å². The number of amides is 1.